The van der Waals surface area contributed by atoms with Crippen LogP contribution in [0.3, 0.4) is 0 Å². The zero-order chi connectivity index (χ0) is 19.3. The van der Waals surface area contributed by atoms with Crippen molar-refractivity contribution < 1.29 is 5.11 Å². The van der Waals surface area contributed by atoms with Crippen LogP contribution >= 0.6 is 0 Å². The number of imidazole rings is 1. The fraction of sp³-hybridized carbons (Fsp3) is 0.190. The van der Waals surface area contributed by atoms with E-state index in [1.54, 1.807) is 18.5 Å². The van der Waals surface area contributed by atoms with Crippen LogP contribution in [0.5, 0.6) is 5.75 Å². The lowest BCUT2D eigenvalue weighted by atomic mass is 10.1. The van der Waals surface area contributed by atoms with Gasteiger partial charge in [0.1, 0.15) is 12.1 Å². The average Bonchev–Trinajstić information content (AvgIpc) is 3.14. The molecule has 7 nitrogen and oxygen atoms in total. The zero-order valence-corrected chi connectivity index (χ0v) is 15.6. The van der Waals surface area contributed by atoms with Gasteiger partial charge in [0.15, 0.2) is 17.0 Å². The van der Waals surface area contributed by atoms with E-state index in [1.165, 1.54) is 0 Å². The Balaban J connectivity index is 1.63. The molecule has 0 saturated carbocycles. The van der Waals surface area contributed by atoms with Crippen LogP contribution in [0.25, 0.3) is 16.9 Å². The summed E-state index contributed by atoms with van der Waals surface area (Å²) >= 11 is 0. The molecule has 28 heavy (non-hydrogen) atoms. The molecule has 0 aliphatic carbocycles. The first kappa shape index (κ1) is 17.8. The molecule has 0 unspecified atom stereocenters. The highest BCUT2D eigenvalue weighted by atomic mass is 16.3. The van der Waals surface area contributed by atoms with Crippen LogP contribution in [-0.4, -0.2) is 37.7 Å². The van der Waals surface area contributed by atoms with E-state index in [-0.39, 0.29) is 5.75 Å². The minimum absolute atomic E-state index is 0.274. The van der Waals surface area contributed by atoms with Crippen LogP contribution in [0, 0.1) is 0 Å². The number of nitrogens with zero attached hydrogens (tertiary/aromatic N) is 4. The maximum absolute atomic E-state index is 9.41. The Bertz CT molecular complexity index is 1060. The number of anilines is 2. The van der Waals surface area contributed by atoms with Crippen molar-refractivity contribution in [3.05, 3.63) is 66.5 Å². The molecular weight excluding hydrogens is 352 g/mol. The van der Waals surface area contributed by atoms with Gasteiger partial charge in [-0.3, -0.25) is 4.57 Å². The smallest absolute Gasteiger partial charge is 0.226 e. The van der Waals surface area contributed by atoms with E-state index in [9.17, 15) is 5.11 Å². The second-order valence-electron chi connectivity index (χ2n) is 6.39. The van der Waals surface area contributed by atoms with Crippen molar-refractivity contribution in [2.45, 2.75) is 13.3 Å². The molecule has 0 radical (unpaired) electrons. The number of benzene rings is 2. The molecule has 2 aromatic heterocycles. The molecule has 0 amide bonds. The first-order chi connectivity index (χ1) is 13.7. The van der Waals surface area contributed by atoms with E-state index in [1.807, 2.05) is 54.0 Å². The highest BCUT2D eigenvalue weighted by molar-refractivity contribution is 5.85. The molecule has 0 aliphatic heterocycles. The molecule has 0 bridgehead atoms. The summed E-state index contributed by atoms with van der Waals surface area (Å²) in [6, 6.07) is 17.2. The van der Waals surface area contributed by atoms with E-state index in [0.717, 1.165) is 35.4 Å². The predicted octanol–water partition coefficient (Wildman–Crippen LogP) is 3.61. The Labute approximate surface area is 163 Å². The van der Waals surface area contributed by atoms with Crippen LogP contribution in [0.2, 0.25) is 0 Å². The van der Waals surface area contributed by atoms with Crippen molar-refractivity contribution >= 4 is 22.9 Å². The fourth-order valence-electron chi connectivity index (χ4n) is 3.03. The van der Waals surface area contributed by atoms with E-state index < -0.39 is 0 Å². The molecule has 4 aromatic rings. The molecule has 0 fully saturated rings. The lowest BCUT2D eigenvalue weighted by Crippen LogP contribution is -2.10. The van der Waals surface area contributed by atoms with Crippen LogP contribution < -0.4 is 10.6 Å². The topological polar surface area (TPSA) is 87.9 Å². The van der Waals surface area contributed by atoms with Crippen molar-refractivity contribution in [2.24, 2.45) is 0 Å². The van der Waals surface area contributed by atoms with Crippen molar-refractivity contribution in [3.63, 3.8) is 0 Å². The number of rotatable bonds is 7. The summed E-state index contributed by atoms with van der Waals surface area (Å²) in [5, 5.41) is 16.0. The quantitative estimate of drug-likeness (QED) is 0.458. The molecule has 142 valence electrons. The van der Waals surface area contributed by atoms with Gasteiger partial charge in [0, 0.05) is 18.8 Å². The van der Waals surface area contributed by atoms with Crippen LogP contribution in [0.1, 0.15) is 12.5 Å². The third-order valence-electron chi connectivity index (χ3n) is 4.41. The first-order valence-electron chi connectivity index (χ1n) is 9.31. The number of phenols is 1. The molecule has 3 N–H and O–H groups in total. The van der Waals surface area contributed by atoms with Gasteiger partial charge < -0.3 is 15.7 Å². The number of para-hydroxylation sites is 1. The van der Waals surface area contributed by atoms with Gasteiger partial charge in [0.05, 0.1) is 0 Å². The van der Waals surface area contributed by atoms with Crippen LogP contribution in [-0.2, 0) is 6.42 Å². The maximum atomic E-state index is 9.41. The lowest BCUT2D eigenvalue weighted by Gasteiger charge is -2.10. The molecule has 0 atom stereocenters. The molecule has 0 aliphatic rings. The molecular formula is C21H22N6O. The van der Waals surface area contributed by atoms with Crippen LogP contribution in [0.15, 0.2) is 60.9 Å². The SMILES string of the molecule is CCNc1nc(NCCc2ccc(O)cc2)c2ncn(-c3ccccc3)c2n1. The predicted molar refractivity (Wildman–Crippen MR) is 111 cm³/mol. The summed E-state index contributed by atoms with van der Waals surface area (Å²) in [4.78, 5) is 13.8. The normalized spacial score (nSPS) is 10.9. The number of fused-ring (bicyclic) bond motifs is 1. The van der Waals surface area contributed by atoms with Gasteiger partial charge in [-0.1, -0.05) is 30.3 Å². The van der Waals surface area contributed by atoms with Gasteiger partial charge in [0.25, 0.3) is 0 Å². The summed E-state index contributed by atoms with van der Waals surface area (Å²) < 4.78 is 1.96. The monoisotopic (exact) mass is 374 g/mol. The number of aromatic nitrogens is 4. The Kier molecular flexibility index (Phi) is 5.05. The van der Waals surface area contributed by atoms with E-state index in [4.69, 9.17) is 0 Å². The molecule has 0 spiro atoms. The van der Waals surface area contributed by atoms with Gasteiger partial charge in [-0.2, -0.15) is 9.97 Å². The Morgan fingerprint density at radius 2 is 1.75 bits per heavy atom. The van der Waals surface area contributed by atoms with Crippen molar-refractivity contribution in [3.8, 4) is 11.4 Å². The standard InChI is InChI=1S/C21H22N6O/c1-2-22-21-25-19(23-13-12-15-8-10-17(28)11-9-15)18-20(26-21)27(14-24-18)16-6-4-3-5-7-16/h3-11,14,28H,2,12-13H2,1H3,(H2,22,23,25,26). The highest BCUT2D eigenvalue weighted by Crippen LogP contribution is 2.23. The molecule has 2 heterocycles. The Hall–Kier alpha value is -3.61. The van der Waals surface area contributed by atoms with Gasteiger partial charge in [-0.25, -0.2) is 4.98 Å². The highest BCUT2D eigenvalue weighted by Gasteiger charge is 2.14. The minimum atomic E-state index is 0.274. The first-order valence-corrected chi connectivity index (χ1v) is 9.31. The average molecular weight is 374 g/mol. The molecule has 2 aromatic carbocycles. The van der Waals surface area contributed by atoms with E-state index in [2.05, 4.69) is 25.6 Å². The summed E-state index contributed by atoms with van der Waals surface area (Å²) in [7, 11) is 0. The summed E-state index contributed by atoms with van der Waals surface area (Å²) in [5.41, 5.74) is 3.62. The van der Waals surface area contributed by atoms with Gasteiger partial charge in [-0.05, 0) is 43.2 Å². The minimum Gasteiger partial charge on any atom is -0.508 e. The number of hydrogen-bond donors (Lipinski definition) is 3. The maximum Gasteiger partial charge on any atom is 0.226 e. The molecule has 0 saturated heterocycles. The number of phenolic OH excluding ortho intramolecular Hbond substituents is 1. The second kappa shape index (κ2) is 7.96. The molecule has 4 rings (SSSR count). The van der Waals surface area contributed by atoms with E-state index in [0.29, 0.717) is 18.3 Å². The largest absolute Gasteiger partial charge is 0.508 e. The van der Waals surface area contributed by atoms with Gasteiger partial charge in [0.2, 0.25) is 5.95 Å². The summed E-state index contributed by atoms with van der Waals surface area (Å²) in [6.07, 6.45) is 2.58. The second-order valence-corrected chi connectivity index (χ2v) is 6.39. The third-order valence-corrected chi connectivity index (χ3v) is 4.41. The van der Waals surface area contributed by atoms with E-state index >= 15 is 0 Å². The number of nitrogens with one attached hydrogen (secondary N) is 2. The number of aromatic hydroxyl groups is 1. The van der Waals surface area contributed by atoms with Crippen LogP contribution in [0.4, 0.5) is 11.8 Å². The Morgan fingerprint density at radius 3 is 2.50 bits per heavy atom. The van der Waals surface area contributed by atoms with Crippen molar-refractivity contribution in [1.82, 2.24) is 19.5 Å². The Morgan fingerprint density at radius 1 is 0.964 bits per heavy atom. The van der Waals surface area contributed by atoms with Crippen molar-refractivity contribution in [1.29, 1.82) is 0 Å². The summed E-state index contributed by atoms with van der Waals surface area (Å²) in [5.74, 6) is 1.55. The summed E-state index contributed by atoms with van der Waals surface area (Å²) in [6.45, 7) is 3.44. The molecule has 7 heteroatoms. The van der Waals surface area contributed by atoms with Gasteiger partial charge >= 0.3 is 0 Å². The van der Waals surface area contributed by atoms with Gasteiger partial charge in [-0.15, -0.1) is 0 Å². The van der Waals surface area contributed by atoms with Crippen molar-refractivity contribution in [2.75, 3.05) is 23.7 Å². The third kappa shape index (κ3) is 3.73. The zero-order valence-electron chi connectivity index (χ0n) is 15.6. The number of hydrogen-bond acceptors (Lipinski definition) is 6. The fourth-order valence-corrected chi connectivity index (χ4v) is 3.03. The lowest BCUT2D eigenvalue weighted by molar-refractivity contribution is 0.475.